The number of nitrogens with one attached hydrogen (secondary N) is 1. The van der Waals surface area contributed by atoms with Crippen LogP contribution in [-0.2, 0) is 14.2 Å². The van der Waals surface area contributed by atoms with Crippen molar-refractivity contribution < 1.29 is 19.0 Å². The smallest absolute Gasteiger partial charge is 0.341 e. The van der Waals surface area contributed by atoms with Gasteiger partial charge in [0.2, 0.25) is 0 Å². The van der Waals surface area contributed by atoms with Gasteiger partial charge in [0.25, 0.3) is 0 Å². The molecule has 0 amide bonds. The summed E-state index contributed by atoms with van der Waals surface area (Å²) in [6, 6.07) is 17.7. The molecule has 1 fully saturated rings. The molecule has 1 aliphatic rings. The summed E-state index contributed by atoms with van der Waals surface area (Å²) < 4.78 is 16.5. The van der Waals surface area contributed by atoms with Crippen LogP contribution in [0.5, 0.6) is 0 Å². The molecule has 2 aromatic carbocycles. The molecule has 0 aliphatic carbocycles. The number of hydrogen-bond acceptors (Lipinski definition) is 6. The maximum Gasteiger partial charge on any atom is 0.341 e. The topological polar surface area (TPSA) is 56.8 Å². The van der Waals surface area contributed by atoms with Crippen molar-refractivity contribution in [1.29, 1.82) is 0 Å². The number of carbonyl (C=O) groups is 1. The van der Waals surface area contributed by atoms with Gasteiger partial charge in [0, 0.05) is 22.2 Å². The van der Waals surface area contributed by atoms with Gasteiger partial charge in [0.05, 0.1) is 19.8 Å². The first kappa shape index (κ1) is 18.7. The van der Waals surface area contributed by atoms with Crippen LogP contribution in [0.15, 0.2) is 60.0 Å². The van der Waals surface area contributed by atoms with Crippen LogP contribution in [-0.4, -0.2) is 25.8 Å². The van der Waals surface area contributed by atoms with E-state index in [4.69, 9.17) is 14.2 Å². The first-order valence-electron chi connectivity index (χ1n) is 9.20. The van der Waals surface area contributed by atoms with Crippen LogP contribution in [0, 0.1) is 0 Å². The van der Waals surface area contributed by atoms with E-state index in [0.717, 1.165) is 27.4 Å². The van der Waals surface area contributed by atoms with Crippen molar-refractivity contribution in [2.75, 3.05) is 25.1 Å². The molecule has 0 atom stereocenters. The van der Waals surface area contributed by atoms with Crippen LogP contribution in [0.1, 0.15) is 29.1 Å². The summed E-state index contributed by atoms with van der Waals surface area (Å²) in [6.45, 7) is 3.33. The van der Waals surface area contributed by atoms with Crippen molar-refractivity contribution in [2.24, 2.45) is 0 Å². The highest BCUT2D eigenvalue weighted by molar-refractivity contribution is 7.15. The van der Waals surface area contributed by atoms with Gasteiger partial charge in [-0.3, -0.25) is 0 Å². The summed E-state index contributed by atoms with van der Waals surface area (Å²) in [7, 11) is 0. The minimum absolute atomic E-state index is 0.328. The van der Waals surface area contributed by atoms with Crippen LogP contribution >= 0.6 is 11.3 Å². The number of thiophene rings is 1. The van der Waals surface area contributed by atoms with Crippen molar-refractivity contribution in [1.82, 2.24) is 0 Å². The van der Waals surface area contributed by atoms with Gasteiger partial charge in [0.15, 0.2) is 6.29 Å². The van der Waals surface area contributed by atoms with Crippen LogP contribution in [0.3, 0.4) is 0 Å². The molecule has 5 nitrogen and oxygen atoms in total. The first-order chi connectivity index (χ1) is 13.8. The predicted molar refractivity (Wildman–Crippen MR) is 110 cm³/mol. The number of anilines is 2. The van der Waals surface area contributed by atoms with Crippen molar-refractivity contribution in [3.8, 4) is 11.1 Å². The molecule has 0 unspecified atom stereocenters. The van der Waals surface area contributed by atoms with E-state index in [1.165, 1.54) is 11.3 Å². The minimum atomic E-state index is -0.338. The van der Waals surface area contributed by atoms with E-state index in [-0.39, 0.29) is 12.3 Å². The lowest BCUT2D eigenvalue weighted by Crippen LogP contribution is -2.07. The quantitative estimate of drug-likeness (QED) is 0.568. The maximum atomic E-state index is 12.7. The molecule has 4 rings (SSSR count). The fourth-order valence-electron chi connectivity index (χ4n) is 3.13. The Kier molecular flexibility index (Phi) is 5.71. The van der Waals surface area contributed by atoms with Crippen molar-refractivity contribution >= 4 is 28.0 Å². The van der Waals surface area contributed by atoms with E-state index in [1.54, 1.807) is 0 Å². The average Bonchev–Trinajstić information content (AvgIpc) is 3.39. The van der Waals surface area contributed by atoms with E-state index in [1.807, 2.05) is 66.9 Å². The number of benzene rings is 2. The average molecular weight is 395 g/mol. The van der Waals surface area contributed by atoms with Gasteiger partial charge in [-0.2, -0.15) is 0 Å². The second-order valence-corrected chi connectivity index (χ2v) is 7.14. The Morgan fingerprint density at radius 3 is 2.68 bits per heavy atom. The van der Waals surface area contributed by atoms with Crippen LogP contribution < -0.4 is 5.32 Å². The van der Waals surface area contributed by atoms with Gasteiger partial charge in [0.1, 0.15) is 10.6 Å². The molecule has 1 saturated heterocycles. The molecule has 3 aromatic rings. The second kappa shape index (κ2) is 8.56. The fourth-order valence-corrected chi connectivity index (χ4v) is 4.11. The van der Waals surface area contributed by atoms with E-state index in [9.17, 15) is 4.79 Å². The largest absolute Gasteiger partial charge is 0.462 e. The van der Waals surface area contributed by atoms with E-state index in [0.29, 0.717) is 25.4 Å². The van der Waals surface area contributed by atoms with E-state index >= 15 is 0 Å². The van der Waals surface area contributed by atoms with Crippen LogP contribution in [0.2, 0.25) is 0 Å². The normalized spacial score (nSPS) is 14.2. The van der Waals surface area contributed by atoms with Crippen molar-refractivity contribution in [3.05, 3.63) is 71.1 Å². The molecule has 1 N–H and O–H groups in total. The molecule has 0 spiro atoms. The summed E-state index contributed by atoms with van der Waals surface area (Å²) in [5.74, 6) is -0.330. The zero-order valence-corrected chi connectivity index (χ0v) is 16.3. The monoisotopic (exact) mass is 395 g/mol. The third kappa shape index (κ3) is 3.94. The Balaban J connectivity index is 1.67. The second-order valence-electron chi connectivity index (χ2n) is 6.26. The Morgan fingerprint density at radius 2 is 1.93 bits per heavy atom. The van der Waals surface area contributed by atoms with Gasteiger partial charge in [-0.1, -0.05) is 42.5 Å². The minimum Gasteiger partial charge on any atom is -0.462 e. The highest BCUT2D eigenvalue weighted by Crippen LogP contribution is 2.38. The number of carbonyl (C=O) groups excluding carboxylic acids is 1. The molecule has 6 heteroatoms. The van der Waals surface area contributed by atoms with Crippen LogP contribution in [0.4, 0.5) is 10.7 Å². The molecule has 28 heavy (non-hydrogen) atoms. The summed E-state index contributed by atoms with van der Waals surface area (Å²) in [5.41, 5.74) is 4.21. The lowest BCUT2D eigenvalue weighted by Gasteiger charge is -2.13. The first-order valence-corrected chi connectivity index (χ1v) is 10.1. The van der Waals surface area contributed by atoms with Gasteiger partial charge in [-0.05, 0) is 24.6 Å². The number of ether oxygens (including phenoxy) is 3. The van der Waals surface area contributed by atoms with E-state index in [2.05, 4.69) is 5.32 Å². The summed E-state index contributed by atoms with van der Waals surface area (Å²) >= 11 is 1.48. The molecular weight excluding hydrogens is 374 g/mol. The Bertz CT molecular complexity index is 948. The lowest BCUT2D eigenvalue weighted by atomic mass is 10.0. The lowest BCUT2D eigenvalue weighted by molar-refractivity contribution is -0.0440. The highest BCUT2D eigenvalue weighted by Gasteiger charge is 2.22. The number of hydrogen-bond donors (Lipinski definition) is 1. The highest BCUT2D eigenvalue weighted by atomic mass is 32.1. The fraction of sp³-hybridized carbons (Fsp3) is 0.227. The zero-order chi connectivity index (χ0) is 19.3. The van der Waals surface area contributed by atoms with Gasteiger partial charge >= 0.3 is 5.97 Å². The molecule has 0 saturated carbocycles. The Labute approximate surface area is 167 Å². The third-order valence-electron chi connectivity index (χ3n) is 4.39. The van der Waals surface area contributed by atoms with Crippen molar-refractivity contribution in [2.45, 2.75) is 13.2 Å². The molecule has 1 aromatic heterocycles. The van der Waals surface area contributed by atoms with Crippen LogP contribution in [0.25, 0.3) is 11.1 Å². The molecule has 144 valence electrons. The molecule has 2 heterocycles. The summed E-state index contributed by atoms with van der Waals surface area (Å²) in [5, 5.41) is 6.11. The SMILES string of the molecule is CCOC(=O)c1c(-c2ccccc2)csc1Nc1cccc(C2OCCO2)c1. The predicted octanol–water partition coefficient (Wildman–Crippen LogP) is 5.38. The van der Waals surface area contributed by atoms with E-state index < -0.39 is 0 Å². The molecular formula is C22H21NO4S. The third-order valence-corrected chi connectivity index (χ3v) is 5.29. The van der Waals surface area contributed by atoms with Gasteiger partial charge in [-0.25, -0.2) is 4.79 Å². The summed E-state index contributed by atoms with van der Waals surface area (Å²) in [6.07, 6.45) is -0.338. The van der Waals surface area contributed by atoms with Crippen molar-refractivity contribution in [3.63, 3.8) is 0 Å². The van der Waals surface area contributed by atoms with Gasteiger partial charge < -0.3 is 19.5 Å². The zero-order valence-electron chi connectivity index (χ0n) is 15.5. The summed E-state index contributed by atoms with van der Waals surface area (Å²) in [4.78, 5) is 12.7. The standard InChI is InChI=1S/C22H21NO4S/c1-2-25-21(24)19-18(15-7-4-3-5-8-15)14-28-20(19)23-17-10-6-9-16(13-17)22-26-11-12-27-22/h3-10,13-14,22-23H,2,11-12H2,1H3. The number of rotatable bonds is 6. The maximum absolute atomic E-state index is 12.7. The molecule has 1 aliphatic heterocycles. The van der Waals surface area contributed by atoms with Gasteiger partial charge in [-0.15, -0.1) is 11.3 Å². The Hall–Kier alpha value is -2.67. The molecule has 0 radical (unpaired) electrons. The molecule has 0 bridgehead atoms. The number of esters is 1. The Morgan fingerprint density at radius 1 is 1.14 bits per heavy atom.